The van der Waals surface area contributed by atoms with Gasteiger partial charge in [-0.1, -0.05) is 60.2 Å². The van der Waals surface area contributed by atoms with Gasteiger partial charge in [0.1, 0.15) is 6.04 Å². The zero-order valence-electron chi connectivity index (χ0n) is 24.1. The van der Waals surface area contributed by atoms with Crippen LogP contribution in [0.3, 0.4) is 0 Å². The predicted molar refractivity (Wildman–Crippen MR) is 162 cm³/mol. The summed E-state index contributed by atoms with van der Waals surface area (Å²) in [6.07, 6.45) is 9.21. The molecular weight excluding hydrogens is 510 g/mol. The number of aromatic nitrogens is 1. The van der Waals surface area contributed by atoms with E-state index in [0.717, 1.165) is 51.6 Å². The zero-order chi connectivity index (χ0) is 28.6. The second-order valence-electron chi connectivity index (χ2n) is 11.7. The van der Waals surface area contributed by atoms with Crippen LogP contribution >= 0.6 is 0 Å². The molecule has 2 atom stereocenters. The first kappa shape index (κ1) is 29.0. The predicted octanol–water partition coefficient (Wildman–Crippen LogP) is 4.49. The van der Waals surface area contributed by atoms with Crippen molar-refractivity contribution in [2.45, 2.75) is 82.6 Å². The summed E-state index contributed by atoms with van der Waals surface area (Å²) in [5.41, 5.74) is 10.4. The number of piperidine rings is 1. The van der Waals surface area contributed by atoms with Crippen LogP contribution in [0.5, 0.6) is 0 Å². The van der Waals surface area contributed by atoms with Gasteiger partial charge < -0.3 is 16.0 Å². The molecule has 41 heavy (non-hydrogen) atoms. The van der Waals surface area contributed by atoms with Crippen LogP contribution in [0.1, 0.15) is 65.6 Å². The van der Waals surface area contributed by atoms with E-state index in [0.29, 0.717) is 18.5 Å². The van der Waals surface area contributed by atoms with Crippen molar-refractivity contribution in [2.75, 3.05) is 13.1 Å². The normalized spacial score (nSPS) is 22.9. The molecule has 2 heterocycles. The summed E-state index contributed by atoms with van der Waals surface area (Å²) >= 11 is 0. The van der Waals surface area contributed by atoms with Gasteiger partial charge in [0.25, 0.3) is 5.91 Å². The molecule has 1 aromatic heterocycles. The number of rotatable bonds is 9. The van der Waals surface area contributed by atoms with Gasteiger partial charge in [-0.2, -0.15) is 0 Å². The quantitative estimate of drug-likeness (QED) is 0.407. The fraction of sp³-hybridized carbons (Fsp3) is 0.441. The van der Waals surface area contributed by atoms with Crippen LogP contribution in [0.15, 0.2) is 79.1 Å². The van der Waals surface area contributed by atoms with Crippen molar-refractivity contribution in [2.24, 2.45) is 5.73 Å². The van der Waals surface area contributed by atoms with E-state index in [1.54, 1.807) is 29.4 Å². The van der Waals surface area contributed by atoms with Crippen LogP contribution in [0.25, 0.3) is 0 Å². The molecule has 5 rings (SSSR count). The molecule has 0 bridgehead atoms. The van der Waals surface area contributed by atoms with Crippen molar-refractivity contribution in [1.82, 2.24) is 20.1 Å². The molecule has 7 heteroatoms. The first-order valence-electron chi connectivity index (χ1n) is 15.1. The van der Waals surface area contributed by atoms with E-state index in [4.69, 9.17) is 5.73 Å². The number of likely N-dealkylation sites (tertiary alicyclic amines) is 1. The third kappa shape index (κ3) is 7.80. The number of nitrogens with one attached hydrogen (secondary N) is 1. The topological polar surface area (TPSA) is 91.6 Å². The number of hydrogen-bond donors (Lipinski definition) is 2. The standard InChI is InChI=1S/C34H43N5O2/c1-25-9-11-27(12-10-25)24-38(20-17-26-6-3-2-4-7-26)31-18-21-39(34(41)28-8-5-19-36-23-28)32(22-31)33(40)37-30-15-13-29(35)14-16-30/h2-12,19,23,29-32H,13-18,20-22,24,35H2,1H3,(H,37,40)/t29?,30?,31?,32-/m1/s1. The number of aryl methyl sites for hydroxylation is 1. The van der Waals surface area contributed by atoms with Crippen LogP contribution in [0.4, 0.5) is 0 Å². The van der Waals surface area contributed by atoms with Crippen LogP contribution in [-0.2, 0) is 17.8 Å². The largest absolute Gasteiger partial charge is 0.352 e. The summed E-state index contributed by atoms with van der Waals surface area (Å²) < 4.78 is 0. The van der Waals surface area contributed by atoms with Crippen LogP contribution in [0.2, 0.25) is 0 Å². The SMILES string of the molecule is Cc1ccc(CN(CCc2ccccc2)C2CCN(C(=O)c3cccnc3)[C@@H](C(=O)NC3CCC(N)CC3)C2)cc1. The van der Waals surface area contributed by atoms with Gasteiger partial charge in [0.05, 0.1) is 5.56 Å². The maximum Gasteiger partial charge on any atom is 0.256 e. The van der Waals surface area contributed by atoms with Crippen molar-refractivity contribution < 1.29 is 9.59 Å². The number of carbonyl (C=O) groups excluding carboxylic acids is 2. The Kier molecular flexibility index (Phi) is 9.80. The van der Waals surface area contributed by atoms with E-state index in [1.165, 1.54) is 16.7 Å². The molecule has 216 valence electrons. The fourth-order valence-electron chi connectivity index (χ4n) is 6.22. The molecule has 2 aliphatic rings. The van der Waals surface area contributed by atoms with E-state index in [9.17, 15) is 9.59 Å². The average molecular weight is 554 g/mol. The summed E-state index contributed by atoms with van der Waals surface area (Å²) in [5, 5.41) is 3.30. The van der Waals surface area contributed by atoms with E-state index >= 15 is 0 Å². The number of hydrogen-bond acceptors (Lipinski definition) is 5. The minimum absolute atomic E-state index is 0.0502. The number of carbonyl (C=O) groups is 2. The van der Waals surface area contributed by atoms with Crippen molar-refractivity contribution >= 4 is 11.8 Å². The van der Waals surface area contributed by atoms with Crippen molar-refractivity contribution in [3.05, 3.63) is 101 Å². The van der Waals surface area contributed by atoms with Gasteiger partial charge in [0.15, 0.2) is 0 Å². The summed E-state index contributed by atoms with van der Waals surface area (Å²) in [4.78, 5) is 35.9. The first-order chi connectivity index (χ1) is 20.0. The molecule has 2 fully saturated rings. The number of benzene rings is 2. The molecule has 7 nitrogen and oxygen atoms in total. The average Bonchev–Trinajstić information content (AvgIpc) is 3.01. The monoisotopic (exact) mass is 553 g/mol. The number of nitrogens with zero attached hydrogens (tertiary/aromatic N) is 3. The van der Waals surface area contributed by atoms with Crippen LogP contribution in [-0.4, -0.2) is 63.9 Å². The minimum Gasteiger partial charge on any atom is -0.352 e. The lowest BCUT2D eigenvalue weighted by molar-refractivity contribution is -0.128. The maximum atomic E-state index is 13.9. The Bertz CT molecular complexity index is 1260. The molecule has 1 unspecified atom stereocenters. The molecule has 3 aromatic rings. The Morgan fingerprint density at radius 1 is 0.951 bits per heavy atom. The first-order valence-corrected chi connectivity index (χ1v) is 15.1. The molecule has 2 aromatic carbocycles. The molecule has 1 aliphatic carbocycles. The van der Waals surface area contributed by atoms with E-state index < -0.39 is 6.04 Å². The smallest absolute Gasteiger partial charge is 0.256 e. The molecule has 0 spiro atoms. The van der Waals surface area contributed by atoms with Gasteiger partial charge in [-0.15, -0.1) is 0 Å². The Balaban J connectivity index is 1.36. The molecule has 1 saturated carbocycles. The number of amides is 2. The van der Waals surface area contributed by atoms with Crippen LogP contribution < -0.4 is 11.1 Å². The molecule has 0 radical (unpaired) electrons. The highest BCUT2D eigenvalue weighted by Crippen LogP contribution is 2.27. The summed E-state index contributed by atoms with van der Waals surface area (Å²) in [6.45, 7) is 4.33. The molecule has 1 saturated heterocycles. The maximum absolute atomic E-state index is 13.9. The van der Waals surface area contributed by atoms with Crippen molar-refractivity contribution in [1.29, 1.82) is 0 Å². The summed E-state index contributed by atoms with van der Waals surface area (Å²) in [6, 6.07) is 22.8. The minimum atomic E-state index is -0.533. The highest BCUT2D eigenvalue weighted by Gasteiger charge is 2.39. The van der Waals surface area contributed by atoms with Gasteiger partial charge in [0, 0.05) is 50.2 Å². The highest BCUT2D eigenvalue weighted by atomic mass is 16.2. The van der Waals surface area contributed by atoms with Gasteiger partial charge in [0.2, 0.25) is 5.91 Å². The van der Waals surface area contributed by atoms with Gasteiger partial charge in [-0.3, -0.25) is 19.5 Å². The molecule has 1 aliphatic heterocycles. The Labute approximate surface area is 244 Å². The van der Waals surface area contributed by atoms with Crippen molar-refractivity contribution in [3.63, 3.8) is 0 Å². The zero-order valence-corrected chi connectivity index (χ0v) is 24.1. The van der Waals surface area contributed by atoms with Crippen LogP contribution in [0, 0.1) is 6.92 Å². The second-order valence-corrected chi connectivity index (χ2v) is 11.7. The summed E-state index contributed by atoms with van der Waals surface area (Å²) in [7, 11) is 0. The lowest BCUT2D eigenvalue weighted by Crippen LogP contribution is -2.58. The molecule has 3 N–H and O–H groups in total. The van der Waals surface area contributed by atoms with Gasteiger partial charge in [-0.05, 0) is 75.1 Å². The molecular formula is C34H43N5O2. The Hall–Kier alpha value is -3.55. The molecule has 2 amide bonds. The fourth-order valence-corrected chi connectivity index (χ4v) is 6.22. The lowest BCUT2D eigenvalue weighted by atomic mass is 9.90. The third-order valence-electron chi connectivity index (χ3n) is 8.72. The Morgan fingerprint density at radius 2 is 1.71 bits per heavy atom. The van der Waals surface area contributed by atoms with E-state index in [-0.39, 0.29) is 29.9 Å². The van der Waals surface area contributed by atoms with E-state index in [2.05, 4.69) is 70.7 Å². The van der Waals surface area contributed by atoms with Crippen molar-refractivity contribution in [3.8, 4) is 0 Å². The van der Waals surface area contributed by atoms with Gasteiger partial charge in [-0.25, -0.2) is 0 Å². The lowest BCUT2D eigenvalue weighted by Gasteiger charge is -2.43. The number of pyridine rings is 1. The third-order valence-corrected chi connectivity index (χ3v) is 8.72. The number of nitrogens with two attached hydrogens (primary N) is 1. The highest BCUT2D eigenvalue weighted by molar-refractivity contribution is 5.97. The summed E-state index contributed by atoms with van der Waals surface area (Å²) in [5.74, 6) is -0.178. The second kappa shape index (κ2) is 13.9. The van der Waals surface area contributed by atoms with E-state index in [1.807, 2.05) is 6.07 Å². The van der Waals surface area contributed by atoms with Gasteiger partial charge >= 0.3 is 0 Å². The Morgan fingerprint density at radius 3 is 2.41 bits per heavy atom.